The average molecular weight is 319 g/mol. The average Bonchev–Trinajstić information content (AvgIpc) is 3.18. The second kappa shape index (κ2) is 6.28. The van der Waals surface area contributed by atoms with Crippen LogP contribution in [0.15, 0.2) is 15.7 Å². The molecule has 3 rings (SSSR count). The predicted octanol–water partition coefficient (Wildman–Crippen LogP) is 3.89. The maximum atomic E-state index is 12.5. The van der Waals surface area contributed by atoms with E-state index in [1.807, 2.05) is 6.07 Å². The Morgan fingerprint density at radius 3 is 2.68 bits per heavy atom. The summed E-state index contributed by atoms with van der Waals surface area (Å²) in [6, 6.07) is 2.59. The van der Waals surface area contributed by atoms with Gasteiger partial charge in [0.15, 0.2) is 5.78 Å². The molecule has 0 unspecified atom stereocenters. The van der Waals surface area contributed by atoms with Crippen molar-refractivity contribution in [2.45, 2.75) is 57.7 Å². The van der Waals surface area contributed by atoms with Crippen molar-refractivity contribution in [3.8, 4) is 0 Å². The molecule has 0 radical (unpaired) electrons. The molecule has 2 heterocycles. The first-order valence-electron chi connectivity index (χ1n) is 7.71. The Morgan fingerprint density at radius 1 is 1.32 bits per heavy atom. The fourth-order valence-electron chi connectivity index (χ4n) is 3.33. The third-order valence-corrected chi connectivity index (χ3v) is 5.13. The van der Waals surface area contributed by atoms with Crippen molar-refractivity contribution >= 4 is 17.5 Å². The highest BCUT2D eigenvalue weighted by molar-refractivity contribution is 7.99. The number of nitrogens with zero attached hydrogens (tertiary/aromatic N) is 3. The van der Waals surface area contributed by atoms with Crippen LogP contribution >= 0.6 is 11.8 Å². The standard InChI is InChI=1S/C16H21N3O2S/c1-10-8-14(11(2)19(10)13-6-4-5-7-13)15(20)9-22-16-18-17-12(3)21-16/h8,13H,4-7,9H2,1-3H3. The van der Waals surface area contributed by atoms with Crippen LogP contribution in [0, 0.1) is 20.8 Å². The summed E-state index contributed by atoms with van der Waals surface area (Å²) in [4.78, 5) is 12.5. The SMILES string of the molecule is Cc1nnc(SCC(=O)c2cc(C)n(C3CCCC3)c2C)o1. The molecular formula is C16H21N3O2S. The number of thioether (sulfide) groups is 1. The van der Waals surface area contributed by atoms with Crippen molar-refractivity contribution in [2.24, 2.45) is 0 Å². The summed E-state index contributed by atoms with van der Waals surface area (Å²) in [5.74, 6) is 0.976. The van der Waals surface area contributed by atoms with Gasteiger partial charge >= 0.3 is 0 Å². The van der Waals surface area contributed by atoms with E-state index in [0.717, 1.165) is 11.3 Å². The molecular weight excluding hydrogens is 298 g/mol. The van der Waals surface area contributed by atoms with Crippen molar-refractivity contribution in [2.75, 3.05) is 5.75 Å². The number of hydrogen-bond donors (Lipinski definition) is 0. The lowest BCUT2D eigenvalue weighted by molar-refractivity contribution is 0.102. The van der Waals surface area contributed by atoms with E-state index in [4.69, 9.17) is 4.42 Å². The first-order chi connectivity index (χ1) is 10.6. The highest BCUT2D eigenvalue weighted by atomic mass is 32.2. The third-order valence-electron chi connectivity index (χ3n) is 4.31. The van der Waals surface area contributed by atoms with E-state index in [-0.39, 0.29) is 5.78 Å². The van der Waals surface area contributed by atoms with Gasteiger partial charge in [-0.1, -0.05) is 24.6 Å². The molecule has 2 aromatic rings. The lowest BCUT2D eigenvalue weighted by Crippen LogP contribution is -2.10. The van der Waals surface area contributed by atoms with Crippen LogP contribution in [0.5, 0.6) is 0 Å². The first-order valence-corrected chi connectivity index (χ1v) is 8.69. The van der Waals surface area contributed by atoms with Crippen molar-refractivity contribution in [1.29, 1.82) is 0 Å². The van der Waals surface area contributed by atoms with Gasteiger partial charge in [-0.2, -0.15) is 0 Å². The van der Waals surface area contributed by atoms with Crippen LogP contribution in [-0.2, 0) is 0 Å². The van der Waals surface area contributed by atoms with Crippen LogP contribution in [0.2, 0.25) is 0 Å². The largest absolute Gasteiger partial charge is 0.416 e. The Labute approximate surface area is 134 Å². The quantitative estimate of drug-likeness (QED) is 0.618. The fourth-order valence-corrected chi connectivity index (χ4v) is 4.01. The molecule has 0 aromatic carbocycles. The van der Waals surface area contributed by atoms with E-state index < -0.39 is 0 Å². The molecule has 0 bridgehead atoms. The van der Waals surface area contributed by atoms with Crippen molar-refractivity contribution in [3.05, 3.63) is 28.9 Å². The lowest BCUT2D eigenvalue weighted by atomic mass is 10.2. The number of hydrogen-bond acceptors (Lipinski definition) is 5. The smallest absolute Gasteiger partial charge is 0.277 e. The summed E-state index contributed by atoms with van der Waals surface area (Å²) in [5.41, 5.74) is 3.11. The number of carbonyl (C=O) groups excluding carboxylic acids is 1. The monoisotopic (exact) mass is 319 g/mol. The van der Waals surface area contributed by atoms with Gasteiger partial charge < -0.3 is 8.98 Å². The molecule has 0 atom stereocenters. The molecule has 22 heavy (non-hydrogen) atoms. The number of carbonyl (C=O) groups is 1. The number of ketones is 1. The van der Waals surface area contributed by atoms with Crippen LogP contribution in [0.1, 0.15) is 59.4 Å². The Hall–Kier alpha value is -1.56. The van der Waals surface area contributed by atoms with Gasteiger partial charge in [0.25, 0.3) is 5.22 Å². The van der Waals surface area contributed by atoms with Crippen molar-refractivity contribution in [1.82, 2.24) is 14.8 Å². The van der Waals surface area contributed by atoms with E-state index in [0.29, 0.717) is 22.9 Å². The molecule has 1 aliphatic carbocycles. The zero-order chi connectivity index (χ0) is 15.7. The molecule has 1 fully saturated rings. The molecule has 0 aliphatic heterocycles. The van der Waals surface area contributed by atoms with Crippen LogP contribution in [0.3, 0.4) is 0 Å². The van der Waals surface area contributed by atoms with E-state index in [1.54, 1.807) is 6.92 Å². The molecule has 1 aliphatic rings. The number of rotatable bonds is 5. The maximum absolute atomic E-state index is 12.5. The normalized spacial score (nSPS) is 15.6. The molecule has 1 saturated carbocycles. The van der Waals surface area contributed by atoms with Gasteiger partial charge in [0.1, 0.15) is 0 Å². The molecule has 0 amide bonds. The summed E-state index contributed by atoms with van der Waals surface area (Å²) in [5, 5.41) is 8.14. The van der Waals surface area contributed by atoms with Gasteiger partial charge in [0.05, 0.1) is 5.75 Å². The van der Waals surface area contributed by atoms with E-state index in [2.05, 4.69) is 28.6 Å². The topological polar surface area (TPSA) is 60.9 Å². The summed E-state index contributed by atoms with van der Waals surface area (Å²) in [6.07, 6.45) is 5.02. The Balaban J connectivity index is 1.73. The van der Waals surface area contributed by atoms with E-state index in [1.165, 1.54) is 43.1 Å². The van der Waals surface area contributed by atoms with Crippen LogP contribution in [0.4, 0.5) is 0 Å². The summed E-state index contributed by atoms with van der Waals surface area (Å²) < 4.78 is 7.64. The number of aryl methyl sites for hydroxylation is 2. The van der Waals surface area contributed by atoms with Crippen LogP contribution in [0.25, 0.3) is 0 Å². The van der Waals surface area contributed by atoms with Crippen LogP contribution in [-0.4, -0.2) is 26.3 Å². The summed E-state index contributed by atoms with van der Waals surface area (Å²) in [6.45, 7) is 5.89. The predicted molar refractivity (Wildman–Crippen MR) is 85.5 cm³/mol. The minimum Gasteiger partial charge on any atom is -0.416 e. The number of aromatic nitrogens is 3. The molecule has 0 saturated heterocycles. The van der Waals surface area contributed by atoms with Gasteiger partial charge in [0.2, 0.25) is 5.89 Å². The minimum atomic E-state index is 0.123. The summed E-state index contributed by atoms with van der Waals surface area (Å²) >= 11 is 1.30. The van der Waals surface area contributed by atoms with E-state index in [9.17, 15) is 4.79 Å². The molecule has 0 N–H and O–H groups in total. The minimum absolute atomic E-state index is 0.123. The van der Waals surface area contributed by atoms with Crippen LogP contribution < -0.4 is 0 Å². The zero-order valence-corrected chi connectivity index (χ0v) is 14.1. The van der Waals surface area contributed by atoms with E-state index >= 15 is 0 Å². The van der Waals surface area contributed by atoms with Gasteiger partial charge in [-0.15, -0.1) is 10.2 Å². The summed E-state index contributed by atoms with van der Waals surface area (Å²) in [7, 11) is 0. The maximum Gasteiger partial charge on any atom is 0.277 e. The van der Waals surface area contributed by atoms with Gasteiger partial charge in [-0.05, 0) is 32.8 Å². The van der Waals surface area contributed by atoms with Crippen molar-refractivity contribution in [3.63, 3.8) is 0 Å². The molecule has 0 spiro atoms. The molecule has 6 heteroatoms. The van der Waals surface area contributed by atoms with Gasteiger partial charge in [-0.3, -0.25) is 4.79 Å². The Bertz CT molecular complexity index is 684. The lowest BCUT2D eigenvalue weighted by Gasteiger charge is -2.17. The Morgan fingerprint density at radius 2 is 2.05 bits per heavy atom. The second-order valence-electron chi connectivity index (χ2n) is 5.89. The second-order valence-corrected chi connectivity index (χ2v) is 6.82. The zero-order valence-electron chi connectivity index (χ0n) is 13.3. The Kier molecular flexibility index (Phi) is 4.38. The third kappa shape index (κ3) is 2.97. The molecule has 118 valence electrons. The number of Topliss-reactive ketones (excluding diaryl/α,β-unsaturated/α-hetero) is 1. The fraction of sp³-hybridized carbons (Fsp3) is 0.562. The van der Waals surface area contributed by atoms with Crippen molar-refractivity contribution < 1.29 is 9.21 Å². The molecule has 2 aromatic heterocycles. The molecule has 5 nitrogen and oxygen atoms in total. The van der Waals surface area contributed by atoms with Gasteiger partial charge in [0, 0.05) is 29.9 Å². The highest BCUT2D eigenvalue weighted by Gasteiger charge is 2.23. The van der Waals surface area contributed by atoms with Gasteiger partial charge in [-0.25, -0.2) is 0 Å². The first kappa shape index (κ1) is 15.3. The highest BCUT2D eigenvalue weighted by Crippen LogP contribution is 2.33.